The fourth-order valence-corrected chi connectivity index (χ4v) is 3.31. The molecule has 130 valence electrons. The van der Waals surface area contributed by atoms with Crippen LogP contribution >= 0.6 is 23.2 Å². The van der Waals surface area contributed by atoms with E-state index in [-0.39, 0.29) is 18.2 Å². The summed E-state index contributed by atoms with van der Waals surface area (Å²) in [4.78, 5) is 32.6. The zero-order chi connectivity index (χ0) is 17.8. The van der Waals surface area contributed by atoms with Gasteiger partial charge in [-0.2, -0.15) is 0 Å². The second-order valence-corrected chi connectivity index (χ2v) is 6.70. The molecule has 0 aliphatic carbocycles. The molecule has 1 aliphatic rings. The number of rotatable bonds is 3. The molecule has 1 aromatic heterocycles. The van der Waals surface area contributed by atoms with Gasteiger partial charge in [0, 0.05) is 53.7 Å². The Hall–Kier alpha value is -2.11. The average molecular weight is 378 g/mol. The molecule has 3 rings (SSSR count). The van der Waals surface area contributed by atoms with Crippen LogP contribution in [0.3, 0.4) is 0 Å². The van der Waals surface area contributed by atoms with Gasteiger partial charge in [-0.15, -0.1) is 0 Å². The number of aromatic nitrogens is 1. The Morgan fingerprint density at radius 1 is 0.960 bits per heavy atom. The summed E-state index contributed by atoms with van der Waals surface area (Å²) in [5, 5.41) is 0.861. The standard InChI is InChI=1S/C18H17Cl2N3O2/c19-14-9-13(10-15(20)11-14)18(25)23-7-5-22(6-8-23)17(24)12-16-3-1-2-4-21-16/h1-4,9-11H,5-8,12H2. The van der Waals surface area contributed by atoms with Gasteiger partial charge in [-0.1, -0.05) is 29.3 Å². The van der Waals surface area contributed by atoms with Gasteiger partial charge in [0.05, 0.1) is 6.42 Å². The van der Waals surface area contributed by atoms with Crippen LogP contribution in [0.1, 0.15) is 16.1 Å². The number of nitrogens with zero attached hydrogens (tertiary/aromatic N) is 3. The van der Waals surface area contributed by atoms with Crippen LogP contribution in [0.15, 0.2) is 42.6 Å². The second-order valence-electron chi connectivity index (χ2n) is 5.83. The van der Waals surface area contributed by atoms with E-state index in [4.69, 9.17) is 23.2 Å². The van der Waals surface area contributed by atoms with Crippen LogP contribution in [0, 0.1) is 0 Å². The molecule has 0 saturated carbocycles. The monoisotopic (exact) mass is 377 g/mol. The van der Waals surface area contributed by atoms with Gasteiger partial charge >= 0.3 is 0 Å². The zero-order valence-corrected chi connectivity index (χ0v) is 15.0. The molecule has 2 aromatic rings. The van der Waals surface area contributed by atoms with E-state index < -0.39 is 0 Å². The third-order valence-electron chi connectivity index (χ3n) is 4.09. The van der Waals surface area contributed by atoms with Crippen LogP contribution in [0.2, 0.25) is 10.0 Å². The fraction of sp³-hybridized carbons (Fsp3) is 0.278. The molecule has 0 unspecified atom stereocenters. The number of halogens is 2. The first-order chi connectivity index (χ1) is 12.0. The lowest BCUT2D eigenvalue weighted by molar-refractivity contribution is -0.132. The van der Waals surface area contributed by atoms with Gasteiger partial charge in [-0.3, -0.25) is 14.6 Å². The smallest absolute Gasteiger partial charge is 0.254 e. The number of benzene rings is 1. The Bertz CT molecular complexity index is 755. The number of hydrogen-bond acceptors (Lipinski definition) is 3. The van der Waals surface area contributed by atoms with Gasteiger partial charge in [0.25, 0.3) is 5.91 Å². The minimum atomic E-state index is -0.124. The van der Waals surface area contributed by atoms with Crippen molar-refractivity contribution in [1.29, 1.82) is 0 Å². The second kappa shape index (κ2) is 7.85. The number of hydrogen-bond donors (Lipinski definition) is 0. The lowest BCUT2D eigenvalue weighted by atomic mass is 10.1. The van der Waals surface area contributed by atoms with E-state index in [0.717, 1.165) is 5.69 Å². The normalized spacial score (nSPS) is 14.5. The number of carbonyl (C=O) groups is 2. The van der Waals surface area contributed by atoms with Crippen molar-refractivity contribution in [3.63, 3.8) is 0 Å². The molecule has 0 N–H and O–H groups in total. The van der Waals surface area contributed by atoms with Crippen molar-refractivity contribution in [2.45, 2.75) is 6.42 Å². The summed E-state index contributed by atoms with van der Waals surface area (Å²) in [5.74, 6) is -0.0992. The lowest BCUT2D eigenvalue weighted by Gasteiger charge is -2.35. The van der Waals surface area contributed by atoms with Crippen molar-refractivity contribution >= 4 is 35.0 Å². The van der Waals surface area contributed by atoms with Gasteiger partial charge in [0.2, 0.25) is 5.91 Å². The van der Waals surface area contributed by atoms with Crippen LogP contribution in [0.25, 0.3) is 0 Å². The van der Waals surface area contributed by atoms with Crippen LogP contribution < -0.4 is 0 Å². The molecule has 0 spiro atoms. The highest BCUT2D eigenvalue weighted by molar-refractivity contribution is 6.35. The Balaban J connectivity index is 1.58. The SMILES string of the molecule is O=C(Cc1ccccn1)N1CCN(C(=O)c2cc(Cl)cc(Cl)c2)CC1. The summed E-state index contributed by atoms with van der Waals surface area (Å²) in [7, 11) is 0. The molecule has 1 fully saturated rings. The third kappa shape index (κ3) is 4.50. The predicted molar refractivity (Wildman–Crippen MR) is 96.9 cm³/mol. The number of piperazine rings is 1. The summed E-state index contributed by atoms with van der Waals surface area (Å²) in [5.41, 5.74) is 1.21. The number of amides is 2. The number of carbonyl (C=O) groups excluding carboxylic acids is 2. The predicted octanol–water partition coefficient (Wildman–Crippen LogP) is 2.92. The first-order valence-electron chi connectivity index (χ1n) is 7.96. The molecular formula is C18H17Cl2N3O2. The molecule has 1 saturated heterocycles. The molecule has 0 bridgehead atoms. The van der Waals surface area contributed by atoms with Crippen LogP contribution in [0.4, 0.5) is 0 Å². The molecule has 0 radical (unpaired) electrons. The van der Waals surface area contributed by atoms with Crippen LogP contribution in [0.5, 0.6) is 0 Å². The fourth-order valence-electron chi connectivity index (χ4n) is 2.79. The molecule has 25 heavy (non-hydrogen) atoms. The summed E-state index contributed by atoms with van der Waals surface area (Å²) in [6.45, 7) is 1.98. The van der Waals surface area contributed by atoms with Crippen molar-refractivity contribution in [1.82, 2.24) is 14.8 Å². The van der Waals surface area contributed by atoms with Crippen molar-refractivity contribution in [3.05, 3.63) is 63.9 Å². The van der Waals surface area contributed by atoms with Gasteiger partial charge < -0.3 is 9.80 Å². The quantitative estimate of drug-likeness (QED) is 0.826. The summed E-state index contributed by atoms with van der Waals surface area (Å²) in [6.07, 6.45) is 1.95. The Kier molecular flexibility index (Phi) is 5.56. The van der Waals surface area contributed by atoms with E-state index in [1.54, 1.807) is 34.2 Å². The van der Waals surface area contributed by atoms with E-state index in [1.165, 1.54) is 0 Å². The minimum absolute atomic E-state index is 0.0246. The van der Waals surface area contributed by atoms with Gasteiger partial charge in [-0.25, -0.2) is 0 Å². The molecule has 2 amide bonds. The van der Waals surface area contributed by atoms with Crippen LogP contribution in [-0.4, -0.2) is 52.8 Å². The van der Waals surface area contributed by atoms with E-state index >= 15 is 0 Å². The van der Waals surface area contributed by atoms with E-state index in [2.05, 4.69) is 4.98 Å². The molecule has 1 aromatic carbocycles. The maximum Gasteiger partial charge on any atom is 0.254 e. The van der Waals surface area contributed by atoms with Crippen molar-refractivity contribution < 1.29 is 9.59 Å². The molecule has 2 heterocycles. The molecule has 5 nitrogen and oxygen atoms in total. The van der Waals surface area contributed by atoms with E-state index in [9.17, 15) is 9.59 Å². The van der Waals surface area contributed by atoms with Crippen molar-refractivity contribution in [2.24, 2.45) is 0 Å². The third-order valence-corrected chi connectivity index (χ3v) is 4.52. The molecule has 0 atom stereocenters. The average Bonchev–Trinajstić information content (AvgIpc) is 2.61. The van der Waals surface area contributed by atoms with E-state index in [0.29, 0.717) is 41.8 Å². The highest BCUT2D eigenvalue weighted by Gasteiger charge is 2.25. The van der Waals surface area contributed by atoms with Gasteiger partial charge in [0.15, 0.2) is 0 Å². The summed E-state index contributed by atoms with van der Waals surface area (Å²) < 4.78 is 0. The Morgan fingerprint density at radius 2 is 1.60 bits per heavy atom. The largest absolute Gasteiger partial charge is 0.339 e. The molecular weight excluding hydrogens is 361 g/mol. The van der Waals surface area contributed by atoms with Crippen molar-refractivity contribution in [2.75, 3.05) is 26.2 Å². The topological polar surface area (TPSA) is 53.5 Å². The highest BCUT2D eigenvalue weighted by atomic mass is 35.5. The van der Waals surface area contributed by atoms with Crippen molar-refractivity contribution in [3.8, 4) is 0 Å². The van der Waals surface area contributed by atoms with Gasteiger partial charge in [-0.05, 0) is 30.3 Å². The minimum Gasteiger partial charge on any atom is -0.339 e. The van der Waals surface area contributed by atoms with Crippen LogP contribution in [-0.2, 0) is 11.2 Å². The summed E-state index contributed by atoms with van der Waals surface area (Å²) in [6, 6.07) is 10.3. The number of pyridine rings is 1. The van der Waals surface area contributed by atoms with E-state index in [1.807, 2.05) is 18.2 Å². The summed E-state index contributed by atoms with van der Waals surface area (Å²) >= 11 is 11.9. The Labute approximate surface area is 156 Å². The molecule has 7 heteroatoms. The zero-order valence-electron chi connectivity index (χ0n) is 13.5. The molecule has 1 aliphatic heterocycles. The highest BCUT2D eigenvalue weighted by Crippen LogP contribution is 2.20. The first kappa shape index (κ1) is 17.7. The maximum absolute atomic E-state index is 12.6. The Morgan fingerprint density at radius 3 is 2.20 bits per heavy atom. The van der Waals surface area contributed by atoms with Gasteiger partial charge in [0.1, 0.15) is 0 Å². The lowest BCUT2D eigenvalue weighted by Crippen LogP contribution is -2.51. The first-order valence-corrected chi connectivity index (χ1v) is 8.71. The maximum atomic E-state index is 12.6.